The second-order valence-corrected chi connectivity index (χ2v) is 9.45. The molecule has 3 rings (SSSR count). The van der Waals surface area contributed by atoms with E-state index in [-0.39, 0.29) is 51.9 Å². The predicted molar refractivity (Wildman–Crippen MR) is 126 cm³/mol. The molecule has 0 atom stereocenters. The number of hydrogen-bond donors (Lipinski definition) is 0. The number of rotatable bonds is 2. The van der Waals surface area contributed by atoms with Crippen molar-refractivity contribution in [2.24, 2.45) is 0 Å². The van der Waals surface area contributed by atoms with Gasteiger partial charge >= 0.3 is 26.2 Å². The van der Waals surface area contributed by atoms with Crippen LogP contribution in [0.3, 0.4) is 0 Å². The summed E-state index contributed by atoms with van der Waals surface area (Å²) < 4.78 is 5.91. The van der Waals surface area contributed by atoms with Crippen LogP contribution in [0, 0.1) is 21.8 Å². The molecule has 0 aromatic heterocycles. The van der Waals surface area contributed by atoms with Crippen molar-refractivity contribution < 1.29 is 30.9 Å². The molecular formula is C27H37OZr. The van der Waals surface area contributed by atoms with Crippen molar-refractivity contribution in [3.05, 3.63) is 74.0 Å². The zero-order valence-corrected chi connectivity index (χ0v) is 22.4. The van der Waals surface area contributed by atoms with Gasteiger partial charge in [-0.05, 0) is 28.5 Å². The van der Waals surface area contributed by atoms with Crippen LogP contribution in [0.2, 0.25) is 0 Å². The molecule has 0 saturated carbocycles. The van der Waals surface area contributed by atoms with Crippen LogP contribution >= 0.6 is 0 Å². The van der Waals surface area contributed by atoms with Gasteiger partial charge in [-0.1, -0.05) is 60.1 Å². The zero-order chi connectivity index (χ0) is 19.3. The Hall–Kier alpha value is -1.27. The normalized spacial score (nSPS) is 11.3. The molecule has 3 aromatic carbocycles. The molecular weight excluding hydrogens is 432 g/mol. The van der Waals surface area contributed by atoms with Crippen molar-refractivity contribution in [1.82, 2.24) is 0 Å². The average molecular weight is 469 g/mol. The molecule has 0 N–H and O–H groups in total. The van der Waals surface area contributed by atoms with E-state index in [9.17, 15) is 0 Å². The number of benzene rings is 2. The summed E-state index contributed by atoms with van der Waals surface area (Å²) in [5.41, 5.74) is 6.44. The fraction of sp³-hybridized carbons (Fsp3) is 0.370. The van der Waals surface area contributed by atoms with Crippen LogP contribution in [0.4, 0.5) is 0 Å². The molecule has 0 heterocycles. The Kier molecular flexibility index (Phi) is 9.27. The molecule has 3 aromatic rings. The Balaban J connectivity index is 0.00000261. The Morgan fingerprint density at radius 2 is 1.34 bits per heavy atom. The first-order chi connectivity index (χ1) is 12.0. The van der Waals surface area contributed by atoms with Gasteiger partial charge in [-0.15, -0.1) is 34.5 Å². The molecule has 2 heteroatoms. The number of methoxy groups -OCH3 is 1. The molecule has 0 amide bonds. The molecule has 1 nitrogen and oxygen atoms in total. The van der Waals surface area contributed by atoms with E-state index in [0.717, 1.165) is 5.75 Å². The van der Waals surface area contributed by atoms with Crippen LogP contribution < -0.4 is 4.74 Å². The number of aryl methyl sites for hydroxylation is 1. The predicted octanol–water partition coefficient (Wildman–Crippen LogP) is 8.04. The maximum atomic E-state index is 5.91. The Bertz CT molecular complexity index is 914. The van der Waals surface area contributed by atoms with Crippen molar-refractivity contribution in [2.45, 2.75) is 59.3 Å². The summed E-state index contributed by atoms with van der Waals surface area (Å²) >= 11 is 0. The fourth-order valence-electron chi connectivity index (χ4n) is 3.75. The topological polar surface area (TPSA) is 9.23 Å². The second-order valence-electron chi connectivity index (χ2n) is 9.45. The fourth-order valence-corrected chi connectivity index (χ4v) is 3.75. The van der Waals surface area contributed by atoms with E-state index in [1.54, 1.807) is 7.11 Å². The molecule has 0 aliphatic rings. The van der Waals surface area contributed by atoms with Gasteiger partial charge in [0, 0.05) is 11.1 Å². The molecule has 0 unspecified atom stereocenters. The van der Waals surface area contributed by atoms with Crippen LogP contribution in [0.1, 0.15) is 58.2 Å². The Morgan fingerprint density at radius 1 is 0.828 bits per heavy atom. The van der Waals surface area contributed by atoms with Gasteiger partial charge in [0.25, 0.3) is 0 Å². The molecule has 0 bridgehead atoms. The van der Waals surface area contributed by atoms with Crippen LogP contribution in [-0.4, -0.2) is 7.11 Å². The minimum absolute atomic E-state index is 0. The maximum Gasteiger partial charge on any atom is 3.00 e. The molecule has 0 aliphatic carbocycles. The standard InChI is InChI=1S/C25H31O.2CH3.Zr/c1-16-12-17-10-9-11-19(20(17)13-16)18-14-21(24(2,3)4)23(26-8)22(15-18)25(5,6)7;;;/h9-15H,1-8H3;2*1H3;/q3*-1;+3. The molecule has 0 spiro atoms. The minimum atomic E-state index is 0. The average Bonchev–Trinajstić information content (AvgIpc) is 2.91. The van der Waals surface area contributed by atoms with Gasteiger partial charge in [0.05, 0.1) is 7.11 Å². The van der Waals surface area contributed by atoms with E-state index in [1.165, 1.54) is 38.6 Å². The monoisotopic (exact) mass is 467 g/mol. The maximum absolute atomic E-state index is 5.91. The summed E-state index contributed by atoms with van der Waals surface area (Å²) in [6, 6.07) is 15.8. The Labute approximate surface area is 198 Å². The number of ether oxygens (including phenoxy) is 1. The molecule has 0 aliphatic heterocycles. The molecule has 0 fully saturated rings. The van der Waals surface area contributed by atoms with Crippen molar-refractivity contribution in [3.63, 3.8) is 0 Å². The third-order valence-corrected chi connectivity index (χ3v) is 5.12. The summed E-state index contributed by atoms with van der Waals surface area (Å²) in [5.74, 6) is 1.03. The van der Waals surface area contributed by atoms with Gasteiger partial charge in [0.2, 0.25) is 0 Å². The minimum Gasteiger partial charge on any atom is -0.496 e. The van der Waals surface area contributed by atoms with Gasteiger partial charge in [0.1, 0.15) is 5.75 Å². The van der Waals surface area contributed by atoms with Crippen molar-refractivity contribution in [1.29, 1.82) is 0 Å². The zero-order valence-electron chi connectivity index (χ0n) is 19.9. The summed E-state index contributed by atoms with van der Waals surface area (Å²) in [6.07, 6.45) is 0. The van der Waals surface area contributed by atoms with E-state index in [0.29, 0.717) is 0 Å². The Morgan fingerprint density at radius 3 is 1.79 bits per heavy atom. The van der Waals surface area contributed by atoms with Crippen LogP contribution in [-0.2, 0) is 37.0 Å². The van der Waals surface area contributed by atoms with E-state index in [4.69, 9.17) is 4.74 Å². The molecule has 155 valence electrons. The number of fused-ring (bicyclic) bond motifs is 1. The second kappa shape index (κ2) is 9.69. The van der Waals surface area contributed by atoms with Crippen LogP contribution in [0.25, 0.3) is 21.9 Å². The molecule has 1 radical (unpaired) electrons. The summed E-state index contributed by atoms with van der Waals surface area (Å²) in [6.45, 7) is 15.7. The summed E-state index contributed by atoms with van der Waals surface area (Å²) in [4.78, 5) is 0. The molecule has 29 heavy (non-hydrogen) atoms. The van der Waals surface area contributed by atoms with E-state index < -0.39 is 0 Å². The first-order valence-corrected chi connectivity index (χ1v) is 9.42. The van der Waals surface area contributed by atoms with Gasteiger partial charge in [-0.2, -0.15) is 6.07 Å². The third-order valence-electron chi connectivity index (χ3n) is 5.12. The first kappa shape index (κ1) is 27.7. The van der Waals surface area contributed by atoms with Crippen molar-refractivity contribution in [3.8, 4) is 16.9 Å². The van der Waals surface area contributed by atoms with Crippen LogP contribution in [0.15, 0.2) is 42.5 Å². The van der Waals surface area contributed by atoms with Gasteiger partial charge in [0.15, 0.2) is 0 Å². The van der Waals surface area contributed by atoms with E-state index in [2.05, 4.69) is 90.9 Å². The van der Waals surface area contributed by atoms with E-state index >= 15 is 0 Å². The van der Waals surface area contributed by atoms with Gasteiger partial charge < -0.3 is 19.6 Å². The first-order valence-electron chi connectivity index (χ1n) is 9.42. The van der Waals surface area contributed by atoms with Gasteiger partial charge in [-0.25, -0.2) is 0 Å². The summed E-state index contributed by atoms with van der Waals surface area (Å²) in [7, 11) is 1.79. The van der Waals surface area contributed by atoms with Crippen molar-refractivity contribution in [2.75, 3.05) is 7.11 Å². The summed E-state index contributed by atoms with van der Waals surface area (Å²) in [5, 5.41) is 2.64. The third kappa shape index (κ3) is 5.46. The van der Waals surface area contributed by atoms with E-state index in [1.807, 2.05) is 0 Å². The molecule has 0 saturated heterocycles. The van der Waals surface area contributed by atoms with Gasteiger partial charge in [-0.3, -0.25) is 0 Å². The van der Waals surface area contributed by atoms with Crippen LogP contribution in [0.5, 0.6) is 5.75 Å². The van der Waals surface area contributed by atoms with Crippen molar-refractivity contribution >= 4 is 10.8 Å². The number of hydrogen-bond acceptors (Lipinski definition) is 1. The SMILES string of the molecule is COc1c(C(C)(C)C)cc(-c2cccc3[cH-]c(C)cc23)cc1C(C)(C)C.[CH3-].[CH3-].[Zr+3]. The smallest absolute Gasteiger partial charge is 0.496 e. The quantitative estimate of drug-likeness (QED) is 0.346. The largest absolute Gasteiger partial charge is 3.00 e.